The van der Waals surface area contributed by atoms with Gasteiger partial charge in [0.15, 0.2) is 19.7 Å². The summed E-state index contributed by atoms with van der Waals surface area (Å²) in [7, 11) is -6.62. The zero-order chi connectivity index (χ0) is 21.9. The van der Waals surface area contributed by atoms with Crippen molar-refractivity contribution in [3.05, 3.63) is 65.5 Å². The van der Waals surface area contributed by atoms with Gasteiger partial charge < -0.3 is 4.42 Å². The molecule has 1 heterocycles. The number of sulfone groups is 2. The van der Waals surface area contributed by atoms with Crippen LogP contribution < -0.4 is 5.32 Å². The lowest BCUT2D eigenvalue weighted by Crippen LogP contribution is -2.12. The minimum absolute atomic E-state index is 0.0275. The van der Waals surface area contributed by atoms with E-state index in [9.17, 15) is 21.6 Å². The average Bonchev–Trinajstić information content (AvgIpc) is 3.14. The Morgan fingerprint density at radius 1 is 0.933 bits per heavy atom. The zero-order valence-electron chi connectivity index (χ0n) is 16.2. The molecule has 9 nitrogen and oxygen atoms in total. The van der Waals surface area contributed by atoms with E-state index in [0.29, 0.717) is 0 Å². The van der Waals surface area contributed by atoms with E-state index in [1.165, 1.54) is 36.4 Å². The molecule has 0 saturated heterocycles. The minimum atomic E-state index is -3.34. The van der Waals surface area contributed by atoms with Gasteiger partial charge >= 0.3 is 6.01 Å². The maximum atomic E-state index is 12.3. The predicted octanol–water partition coefficient (Wildman–Crippen LogP) is 2.11. The molecule has 158 valence electrons. The number of hydrogen-bond acceptors (Lipinski definition) is 8. The molecule has 0 atom stereocenters. The zero-order valence-corrected chi connectivity index (χ0v) is 17.8. The highest BCUT2D eigenvalue weighted by atomic mass is 32.2. The summed E-state index contributed by atoms with van der Waals surface area (Å²) in [4.78, 5) is 12.7. The molecule has 3 aromatic rings. The second-order valence-electron chi connectivity index (χ2n) is 6.48. The maximum absolute atomic E-state index is 12.3. The van der Waals surface area contributed by atoms with Crippen LogP contribution in [0.1, 0.15) is 28.7 Å². The first-order valence-electron chi connectivity index (χ1n) is 8.84. The third-order valence-corrected chi connectivity index (χ3v) is 7.13. The second kappa shape index (κ2) is 8.36. The summed E-state index contributed by atoms with van der Waals surface area (Å²) < 4.78 is 52.1. The van der Waals surface area contributed by atoms with Crippen molar-refractivity contribution in [3.63, 3.8) is 0 Å². The molecule has 1 amide bonds. The molecule has 1 N–H and O–H groups in total. The molecule has 0 unspecified atom stereocenters. The molecule has 0 aliphatic heterocycles. The number of anilines is 1. The Balaban J connectivity index is 1.66. The fourth-order valence-electron chi connectivity index (χ4n) is 2.55. The minimum Gasteiger partial charge on any atom is -0.407 e. The van der Waals surface area contributed by atoms with Crippen molar-refractivity contribution in [2.45, 2.75) is 23.1 Å². The van der Waals surface area contributed by atoms with Crippen LogP contribution in [0.15, 0.2) is 62.7 Å². The van der Waals surface area contributed by atoms with Crippen molar-refractivity contribution in [1.29, 1.82) is 0 Å². The molecule has 2 aromatic carbocycles. The van der Waals surface area contributed by atoms with Crippen molar-refractivity contribution in [2.75, 3.05) is 17.3 Å². The van der Waals surface area contributed by atoms with Crippen LogP contribution in [0, 0.1) is 0 Å². The van der Waals surface area contributed by atoms with Crippen molar-refractivity contribution in [1.82, 2.24) is 10.2 Å². The number of nitrogens with zero attached hydrogens (tertiary/aromatic N) is 2. The van der Waals surface area contributed by atoms with Crippen LogP contribution in [0.3, 0.4) is 0 Å². The van der Waals surface area contributed by atoms with Gasteiger partial charge in [0.1, 0.15) is 0 Å². The van der Waals surface area contributed by atoms with Gasteiger partial charge in [0.2, 0.25) is 5.89 Å². The molecule has 0 spiro atoms. The lowest BCUT2D eigenvalue weighted by molar-refractivity contribution is 0.102. The van der Waals surface area contributed by atoms with Gasteiger partial charge in [-0.3, -0.25) is 10.1 Å². The number of aromatic nitrogens is 2. The Hall–Kier alpha value is -3.05. The van der Waals surface area contributed by atoms with Crippen LogP contribution >= 0.6 is 0 Å². The van der Waals surface area contributed by atoms with E-state index in [2.05, 4.69) is 15.5 Å². The van der Waals surface area contributed by atoms with Crippen LogP contribution in [-0.2, 0) is 26.1 Å². The normalized spacial score (nSPS) is 11.9. The fourth-order valence-corrected chi connectivity index (χ4v) is 4.07. The van der Waals surface area contributed by atoms with Crippen molar-refractivity contribution < 1.29 is 26.0 Å². The van der Waals surface area contributed by atoms with Crippen LogP contribution in [0.25, 0.3) is 0 Å². The molecular formula is C19H19N3O6S2. The number of amides is 1. The summed E-state index contributed by atoms with van der Waals surface area (Å²) >= 11 is 0. The summed E-state index contributed by atoms with van der Waals surface area (Å²) in [5.41, 5.74) is 0.998. The Kier molecular flexibility index (Phi) is 6.04. The molecule has 1 aromatic heterocycles. The van der Waals surface area contributed by atoms with E-state index >= 15 is 0 Å². The van der Waals surface area contributed by atoms with Crippen LogP contribution in [0.4, 0.5) is 6.01 Å². The summed E-state index contributed by atoms with van der Waals surface area (Å²) in [5, 5.41) is 10.1. The highest BCUT2D eigenvalue weighted by Gasteiger charge is 2.15. The van der Waals surface area contributed by atoms with Crippen molar-refractivity contribution >= 4 is 31.6 Å². The molecule has 0 bridgehead atoms. The number of benzene rings is 2. The first-order chi connectivity index (χ1) is 14.1. The van der Waals surface area contributed by atoms with E-state index in [1.54, 1.807) is 19.1 Å². The first-order valence-corrected chi connectivity index (χ1v) is 12.4. The third kappa shape index (κ3) is 5.10. The number of hydrogen-bond donors (Lipinski definition) is 1. The van der Waals surface area contributed by atoms with E-state index < -0.39 is 25.6 Å². The lowest BCUT2D eigenvalue weighted by Gasteiger charge is -2.04. The Labute approximate surface area is 174 Å². The molecule has 11 heteroatoms. The third-order valence-electron chi connectivity index (χ3n) is 4.25. The summed E-state index contributed by atoms with van der Waals surface area (Å²) in [6.07, 6.45) is 1.39. The van der Waals surface area contributed by atoms with Crippen LogP contribution in [-0.4, -0.2) is 44.9 Å². The van der Waals surface area contributed by atoms with Gasteiger partial charge in [-0.15, -0.1) is 5.10 Å². The number of carbonyl (C=O) groups excluding carboxylic acids is 1. The van der Waals surface area contributed by atoms with Gasteiger partial charge in [-0.1, -0.05) is 24.2 Å². The van der Waals surface area contributed by atoms with Crippen molar-refractivity contribution in [3.8, 4) is 0 Å². The predicted molar refractivity (Wildman–Crippen MR) is 109 cm³/mol. The SMILES string of the molecule is CCS(=O)(=O)c1ccc(C(=O)Nc2nnc(Cc3ccc(S(C)(=O)=O)cc3)o2)cc1. The van der Waals surface area contributed by atoms with E-state index in [0.717, 1.165) is 11.8 Å². The Morgan fingerprint density at radius 2 is 1.53 bits per heavy atom. The highest BCUT2D eigenvalue weighted by Crippen LogP contribution is 2.16. The monoisotopic (exact) mass is 449 g/mol. The summed E-state index contributed by atoms with van der Waals surface area (Å²) in [5.74, 6) is -0.315. The summed E-state index contributed by atoms with van der Waals surface area (Å²) in [6.45, 7) is 1.54. The fraction of sp³-hybridized carbons (Fsp3) is 0.211. The van der Waals surface area contributed by atoms with Gasteiger partial charge in [-0.2, -0.15) is 0 Å². The van der Waals surface area contributed by atoms with Crippen LogP contribution in [0.2, 0.25) is 0 Å². The van der Waals surface area contributed by atoms with Gasteiger partial charge in [0.05, 0.1) is 22.0 Å². The Morgan fingerprint density at radius 3 is 2.10 bits per heavy atom. The molecule has 0 aliphatic carbocycles. The van der Waals surface area contributed by atoms with Gasteiger partial charge in [0.25, 0.3) is 5.91 Å². The molecule has 3 rings (SSSR count). The molecule has 0 fully saturated rings. The second-order valence-corrected chi connectivity index (χ2v) is 10.8. The molecular weight excluding hydrogens is 430 g/mol. The first kappa shape index (κ1) is 21.7. The summed E-state index contributed by atoms with van der Waals surface area (Å²) in [6, 6.07) is 11.7. The van der Waals surface area contributed by atoms with Crippen molar-refractivity contribution in [2.24, 2.45) is 0 Å². The number of carbonyl (C=O) groups is 1. The Bertz CT molecular complexity index is 1260. The molecule has 30 heavy (non-hydrogen) atoms. The number of rotatable bonds is 7. The van der Waals surface area contributed by atoms with E-state index in [4.69, 9.17) is 4.42 Å². The maximum Gasteiger partial charge on any atom is 0.322 e. The molecule has 0 radical (unpaired) electrons. The topological polar surface area (TPSA) is 136 Å². The highest BCUT2D eigenvalue weighted by molar-refractivity contribution is 7.91. The molecule has 0 aliphatic rings. The smallest absolute Gasteiger partial charge is 0.322 e. The lowest BCUT2D eigenvalue weighted by atomic mass is 10.1. The van der Waals surface area contributed by atoms with E-state index in [1.807, 2.05) is 0 Å². The quantitative estimate of drug-likeness (QED) is 0.579. The standard InChI is InChI=1S/C19H19N3O6S2/c1-3-30(26,27)16-10-6-14(7-11-16)18(23)20-19-22-21-17(28-19)12-13-4-8-15(9-5-13)29(2,24)25/h4-11H,3,12H2,1-2H3,(H,20,22,23). The average molecular weight is 450 g/mol. The van der Waals surface area contributed by atoms with Gasteiger partial charge in [0, 0.05) is 11.8 Å². The van der Waals surface area contributed by atoms with E-state index in [-0.39, 0.29) is 39.4 Å². The molecule has 0 saturated carbocycles. The largest absolute Gasteiger partial charge is 0.407 e. The van der Waals surface area contributed by atoms with Gasteiger partial charge in [-0.05, 0) is 42.0 Å². The van der Waals surface area contributed by atoms with Gasteiger partial charge in [-0.25, -0.2) is 16.8 Å². The van der Waals surface area contributed by atoms with Crippen LogP contribution in [0.5, 0.6) is 0 Å². The number of nitrogens with one attached hydrogen (secondary N) is 1.